The highest BCUT2D eigenvalue weighted by Crippen LogP contribution is 2.10. The zero-order chi connectivity index (χ0) is 11.4. The summed E-state index contributed by atoms with van der Waals surface area (Å²) < 4.78 is 0. The highest BCUT2D eigenvalue weighted by Gasteiger charge is 2.19. The van der Waals surface area contributed by atoms with Crippen LogP contribution in [-0.4, -0.2) is 36.1 Å². The molecule has 0 aliphatic rings. The maximum Gasteiger partial charge on any atom is 0.321 e. The molecule has 0 unspecified atom stereocenters. The Morgan fingerprint density at radius 1 is 1.40 bits per heavy atom. The van der Waals surface area contributed by atoms with Gasteiger partial charge < -0.3 is 10.8 Å². The first-order chi connectivity index (χ1) is 7.00. The molecule has 0 bridgehead atoms. The molecule has 4 heteroatoms. The van der Waals surface area contributed by atoms with Gasteiger partial charge in [-0.3, -0.25) is 9.69 Å². The standard InChI is InChI=1S/C11H16N2O2/c1-13(2)10(11(14)15)7-8-3-5-9(12)6-4-8/h3-6,10H,7,12H2,1-2H3,(H,14,15)/t10-/m0/s1. The summed E-state index contributed by atoms with van der Waals surface area (Å²) in [5, 5.41) is 8.99. The normalized spacial score (nSPS) is 12.7. The lowest BCUT2D eigenvalue weighted by Gasteiger charge is -2.19. The van der Waals surface area contributed by atoms with E-state index >= 15 is 0 Å². The molecule has 0 aliphatic carbocycles. The van der Waals surface area contributed by atoms with Crippen molar-refractivity contribution < 1.29 is 9.90 Å². The fourth-order valence-corrected chi connectivity index (χ4v) is 1.37. The number of benzene rings is 1. The number of nitrogens with zero attached hydrogens (tertiary/aromatic N) is 1. The highest BCUT2D eigenvalue weighted by atomic mass is 16.4. The topological polar surface area (TPSA) is 66.6 Å². The first kappa shape index (κ1) is 11.5. The largest absolute Gasteiger partial charge is 0.480 e. The lowest BCUT2D eigenvalue weighted by atomic mass is 10.1. The van der Waals surface area contributed by atoms with Gasteiger partial charge in [0.15, 0.2) is 0 Å². The first-order valence-corrected chi connectivity index (χ1v) is 4.74. The van der Waals surface area contributed by atoms with Crippen molar-refractivity contribution in [3.8, 4) is 0 Å². The Labute approximate surface area is 89.3 Å². The molecule has 1 aromatic carbocycles. The van der Waals surface area contributed by atoms with Crippen molar-refractivity contribution >= 4 is 11.7 Å². The fraction of sp³-hybridized carbons (Fsp3) is 0.364. The summed E-state index contributed by atoms with van der Waals surface area (Å²) in [6.07, 6.45) is 0.489. The van der Waals surface area contributed by atoms with Gasteiger partial charge in [0.2, 0.25) is 0 Å². The Bertz CT molecular complexity index is 333. The number of hydrogen-bond donors (Lipinski definition) is 2. The van der Waals surface area contributed by atoms with Crippen LogP contribution in [0, 0.1) is 0 Å². The summed E-state index contributed by atoms with van der Waals surface area (Å²) in [5.74, 6) is -0.808. The first-order valence-electron chi connectivity index (χ1n) is 4.74. The molecule has 1 atom stereocenters. The Morgan fingerprint density at radius 3 is 2.33 bits per heavy atom. The molecule has 0 aromatic heterocycles. The van der Waals surface area contributed by atoms with Crippen LogP contribution in [0.3, 0.4) is 0 Å². The van der Waals surface area contributed by atoms with E-state index in [1.807, 2.05) is 12.1 Å². The van der Waals surface area contributed by atoms with Crippen LogP contribution in [0.15, 0.2) is 24.3 Å². The summed E-state index contributed by atoms with van der Waals surface area (Å²) in [4.78, 5) is 12.6. The van der Waals surface area contributed by atoms with E-state index in [4.69, 9.17) is 10.8 Å². The summed E-state index contributed by atoms with van der Waals surface area (Å²) in [5.41, 5.74) is 7.22. The minimum atomic E-state index is -0.808. The van der Waals surface area contributed by atoms with E-state index in [0.717, 1.165) is 5.56 Å². The Morgan fingerprint density at radius 2 is 1.93 bits per heavy atom. The third-order valence-electron chi connectivity index (χ3n) is 2.32. The van der Waals surface area contributed by atoms with Crippen molar-refractivity contribution in [3.05, 3.63) is 29.8 Å². The fourth-order valence-electron chi connectivity index (χ4n) is 1.37. The molecular weight excluding hydrogens is 192 g/mol. The van der Waals surface area contributed by atoms with Gasteiger partial charge >= 0.3 is 5.97 Å². The van der Waals surface area contributed by atoms with Crippen molar-refractivity contribution in [1.29, 1.82) is 0 Å². The van der Waals surface area contributed by atoms with E-state index in [1.54, 1.807) is 31.1 Å². The quantitative estimate of drug-likeness (QED) is 0.719. The molecule has 1 rings (SSSR count). The van der Waals surface area contributed by atoms with Crippen LogP contribution < -0.4 is 5.73 Å². The molecule has 0 saturated carbocycles. The van der Waals surface area contributed by atoms with Crippen molar-refractivity contribution in [2.45, 2.75) is 12.5 Å². The van der Waals surface area contributed by atoms with Crippen molar-refractivity contribution in [1.82, 2.24) is 4.90 Å². The van der Waals surface area contributed by atoms with E-state index in [1.165, 1.54) is 0 Å². The Balaban J connectivity index is 2.74. The van der Waals surface area contributed by atoms with E-state index in [9.17, 15) is 4.79 Å². The molecule has 0 amide bonds. The number of aliphatic carboxylic acids is 1. The van der Waals surface area contributed by atoms with E-state index < -0.39 is 12.0 Å². The predicted octanol–water partition coefficient (Wildman–Crippen LogP) is 0.826. The van der Waals surface area contributed by atoms with Gasteiger partial charge in [-0.1, -0.05) is 12.1 Å². The van der Waals surface area contributed by atoms with Gasteiger partial charge in [0.25, 0.3) is 0 Å². The summed E-state index contributed by atoms with van der Waals surface area (Å²) in [6, 6.07) is 6.78. The molecule has 0 aliphatic heterocycles. The molecule has 4 nitrogen and oxygen atoms in total. The van der Waals surface area contributed by atoms with E-state index in [-0.39, 0.29) is 0 Å². The van der Waals surface area contributed by atoms with Gasteiger partial charge in [-0.2, -0.15) is 0 Å². The molecular formula is C11H16N2O2. The maximum atomic E-state index is 10.9. The number of nitrogen functional groups attached to an aromatic ring is 1. The number of nitrogens with two attached hydrogens (primary N) is 1. The zero-order valence-electron chi connectivity index (χ0n) is 8.97. The highest BCUT2D eigenvalue weighted by molar-refractivity contribution is 5.73. The number of carboxylic acid groups (broad SMARTS) is 1. The SMILES string of the molecule is CN(C)[C@@H](Cc1ccc(N)cc1)C(=O)O. The van der Waals surface area contributed by atoms with E-state index in [0.29, 0.717) is 12.1 Å². The van der Waals surface area contributed by atoms with Gasteiger partial charge in [-0.15, -0.1) is 0 Å². The third kappa shape index (κ3) is 3.25. The number of carbonyl (C=O) groups is 1. The number of hydrogen-bond acceptors (Lipinski definition) is 3. The number of likely N-dealkylation sites (N-methyl/N-ethyl adjacent to an activating group) is 1. The summed E-state index contributed by atoms with van der Waals surface area (Å²) in [7, 11) is 3.52. The van der Waals surface area contributed by atoms with Crippen LogP contribution in [-0.2, 0) is 11.2 Å². The zero-order valence-corrected chi connectivity index (χ0v) is 8.97. The van der Waals surface area contributed by atoms with Gasteiger partial charge in [0, 0.05) is 5.69 Å². The smallest absolute Gasteiger partial charge is 0.321 e. The van der Waals surface area contributed by atoms with Gasteiger partial charge in [0.05, 0.1) is 0 Å². The van der Waals surface area contributed by atoms with Gasteiger partial charge in [-0.05, 0) is 38.2 Å². The second-order valence-corrected chi connectivity index (χ2v) is 3.76. The number of carboxylic acids is 1. The third-order valence-corrected chi connectivity index (χ3v) is 2.32. The van der Waals surface area contributed by atoms with Crippen LogP contribution in [0.2, 0.25) is 0 Å². The van der Waals surface area contributed by atoms with Crippen LogP contribution in [0.1, 0.15) is 5.56 Å². The van der Waals surface area contributed by atoms with Crippen LogP contribution >= 0.6 is 0 Å². The Hall–Kier alpha value is -1.55. The lowest BCUT2D eigenvalue weighted by molar-refractivity contribution is -0.142. The second kappa shape index (κ2) is 4.79. The minimum absolute atomic E-state index is 0.489. The molecule has 0 fully saturated rings. The molecule has 0 radical (unpaired) electrons. The average molecular weight is 208 g/mol. The lowest BCUT2D eigenvalue weighted by Crippen LogP contribution is -2.37. The minimum Gasteiger partial charge on any atom is -0.480 e. The van der Waals surface area contributed by atoms with Crippen molar-refractivity contribution in [3.63, 3.8) is 0 Å². The van der Waals surface area contributed by atoms with Crippen LogP contribution in [0.4, 0.5) is 5.69 Å². The van der Waals surface area contributed by atoms with Crippen molar-refractivity contribution in [2.75, 3.05) is 19.8 Å². The Kier molecular flexibility index (Phi) is 3.68. The monoisotopic (exact) mass is 208 g/mol. The molecule has 0 saturated heterocycles. The molecule has 1 aromatic rings. The molecule has 0 spiro atoms. The van der Waals surface area contributed by atoms with E-state index in [2.05, 4.69) is 0 Å². The summed E-state index contributed by atoms with van der Waals surface area (Å²) in [6.45, 7) is 0. The molecule has 0 heterocycles. The predicted molar refractivity (Wildman–Crippen MR) is 59.7 cm³/mol. The molecule has 82 valence electrons. The molecule has 15 heavy (non-hydrogen) atoms. The number of anilines is 1. The maximum absolute atomic E-state index is 10.9. The second-order valence-electron chi connectivity index (χ2n) is 3.76. The molecule has 3 N–H and O–H groups in total. The average Bonchev–Trinajstić information content (AvgIpc) is 2.15. The van der Waals surface area contributed by atoms with Gasteiger partial charge in [0.1, 0.15) is 6.04 Å². The van der Waals surface area contributed by atoms with Crippen LogP contribution in [0.5, 0.6) is 0 Å². The summed E-state index contributed by atoms with van der Waals surface area (Å²) >= 11 is 0. The van der Waals surface area contributed by atoms with Gasteiger partial charge in [-0.25, -0.2) is 0 Å². The van der Waals surface area contributed by atoms with Crippen molar-refractivity contribution in [2.24, 2.45) is 0 Å². The van der Waals surface area contributed by atoms with Crippen LogP contribution in [0.25, 0.3) is 0 Å². The number of rotatable bonds is 4.